The quantitative estimate of drug-likeness (QED) is 0.466. The molecule has 0 spiro atoms. The summed E-state index contributed by atoms with van der Waals surface area (Å²) in [6, 6.07) is 7.19. The third-order valence-corrected chi connectivity index (χ3v) is 7.94. The van der Waals surface area contributed by atoms with Gasteiger partial charge in [0, 0.05) is 19.0 Å². The fourth-order valence-corrected chi connectivity index (χ4v) is 5.89. The Labute approximate surface area is 205 Å². The van der Waals surface area contributed by atoms with Crippen molar-refractivity contribution >= 4 is 38.8 Å². The van der Waals surface area contributed by atoms with Crippen LogP contribution in [0.3, 0.4) is 0 Å². The topological polar surface area (TPSA) is 67.3 Å². The Morgan fingerprint density at radius 3 is 2.57 bits per heavy atom. The highest BCUT2D eigenvalue weighted by Crippen LogP contribution is 2.41. The van der Waals surface area contributed by atoms with Crippen LogP contribution in [0.2, 0.25) is 0 Å². The van der Waals surface area contributed by atoms with Crippen molar-refractivity contribution < 1.29 is 22.7 Å². The number of benzene rings is 1. The lowest BCUT2D eigenvalue weighted by Crippen LogP contribution is -2.36. The van der Waals surface area contributed by atoms with Gasteiger partial charge in [0.1, 0.15) is 11.4 Å². The van der Waals surface area contributed by atoms with Gasteiger partial charge < -0.3 is 15.0 Å². The Balaban J connectivity index is 1.48. The maximum absolute atomic E-state index is 13.1. The Morgan fingerprint density at radius 1 is 1.11 bits per heavy atom. The normalized spacial score (nSPS) is 21.3. The van der Waals surface area contributed by atoms with Crippen LogP contribution in [0.4, 0.5) is 24.5 Å². The number of thiazole rings is 1. The molecular weight excluding hydrogens is 477 g/mol. The number of ether oxygens (including phenoxy) is 1. The molecule has 0 unspecified atom stereocenters. The predicted molar refractivity (Wildman–Crippen MR) is 130 cm³/mol. The van der Waals surface area contributed by atoms with Gasteiger partial charge in [0.15, 0.2) is 0 Å². The number of anilines is 2. The average Bonchev–Trinajstić information content (AvgIpc) is 3.27. The monoisotopic (exact) mass is 504 g/mol. The smallest absolute Gasteiger partial charge is 0.378 e. The van der Waals surface area contributed by atoms with Crippen LogP contribution in [-0.4, -0.2) is 42.2 Å². The number of carbonyl (C=O) groups excluding carboxylic acids is 1. The summed E-state index contributed by atoms with van der Waals surface area (Å²) >= 11 is 1.63. The van der Waals surface area contributed by atoms with Crippen LogP contribution in [0, 0.1) is 5.92 Å². The number of morpholine rings is 1. The largest absolute Gasteiger partial charge is 0.433 e. The number of aromatic nitrogens is 2. The van der Waals surface area contributed by atoms with E-state index in [0.717, 1.165) is 45.7 Å². The van der Waals surface area contributed by atoms with E-state index in [2.05, 4.69) is 22.1 Å². The van der Waals surface area contributed by atoms with Crippen LogP contribution in [0.1, 0.15) is 59.7 Å². The van der Waals surface area contributed by atoms with E-state index < -0.39 is 17.8 Å². The van der Waals surface area contributed by atoms with Crippen LogP contribution in [0.5, 0.6) is 0 Å². The number of fused-ring (bicyclic) bond motifs is 1. The minimum atomic E-state index is -4.62. The minimum Gasteiger partial charge on any atom is -0.378 e. The predicted octanol–water partition coefficient (Wildman–Crippen LogP) is 6.09. The maximum atomic E-state index is 13.1. The van der Waals surface area contributed by atoms with Gasteiger partial charge >= 0.3 is 6.18 Å². The molecule has 2 aromatic heterocycles. The lowest BCUT2D eigenvalue weighted by molar-refractivity contribution is -0.141. The van der Waals surface area contributed by atoms with E-state index in [0.29, 0.717) is 37.9 Å². The third kappa shape index (κ3) is 5.28. The maximum Gasteiger partial charge on any atom is 0.433 e. The van der Waals surface area contributed by atoms with E-state index in [1.54, 1.807) is 11.3 Å². The Bertz CT molecular complexity index is 1220. The molecule has 35 heavy (non-hydrogen) atoms. The molecule has 2 aliphatic rings. The Hall–Kier alpha value is -2.72. The highest BCUT2D eigenvalue weighted by Gasteiger charge is 2.33. The summed E-state index contributed by atoms with van der Waals surface area (Å²) in [6.45, 7) is 4.70. The first-order valence-electron chi connectivity index (χ1n) is 11.9. The Morgan fingerprint density at radius 2 is 1.86 bits per heavy atom. The van der Waals surface area contributed by atoms with Crippen molar-refractivity contribution in [3.63, 3.8) is 0 Å². The molecule has 3 aromatic rings. The molecule has 5 rings (SSSR count). The molecule has 10 heteroatoms. The highest BCUT2D eigenvalue weighted by atomic mass is 32.1. The van der Waals surface area contributed by atoms with Gasteiger partial charge in [0.2, 0.25) is 0 Å². The molecule has 3 heterocycles. The van der Waals surface area contributed by atoms with Crippen molar-refractivity contribution in [2.24, 2.45) is 5.92 Å². The van der Waals surface area contributed by atoms with Crippen molar-refractivity contribution in [2.75, 3.05) is 36.5 Å². The molecule has 0 bridgehead atoms. The van der Waals surface area contributed by atoms with E-state index in [9.17, 15) is 18.0 Å². The van der Waals surface area contributed by atoms with Crippen LogP contribution < -0.4 is 10.2 Å². The Kier molecular flexibility index (Phi) is 6.67. The van der Waals surface area contributed by atoms with Crippen LogP contribution in [0.25, 0.3) is 10.2 Å². The lowest BCUT2D eigenvalue weighted by Gasteiger charge is -2.30. The van der Waals surface area contributed by atoms with Gasteiger partial charge in [-0.15, -0.1) is 11.3 Å². The number of halogens is 3. The lowest BCUT2D eigenvalue weighted by atomic mass is 9.83. The number of hydrogen-bond donors (Lipinski definition) is 1. The molecule has 1 amide bonds. The number of alkyl halides is 3. The van der Waals surface area contributed by atoms with Crippen molar-refractivity contribution in [3.8, 4) is 0 Å². The second-order valence-electron chi connectivity index (χ2n) is 9.31. The first-order valence-corrected chi connectivity index (χ1v) is 12.7. The second-order valence-corrected chi connectivity index (χ2v) is 10.4. The molecule has 6 nitrogen and oxygen atoms in total. The zero-order valence-corrected chi connectivity index (χ0v) is 20.2. The molecule has 2 fully saturated rings. The number of nitrogens with one attached hydrogen (secondary N) is 1. The van der Waals surface area contributed by atoms with Gasteiger partial charge in [-0.05, 0) is 43.0 Å². The van der Waals surface area contributed by atoms with Gasteiger partial charge in [0.25, 0.3) is 5.91 Å². The first kappa shape index (κ1) is 24.0. The molecule has 1 saturated heterocycles. The highest BCUT2D eigenvalue weighted by molar-refractivity contribution is 7.18. The minimum absolute atomic E-state index is 0.283. The van der Waals surface area contributed by atoms with Gasteiger partial charge in [-0.2, -0.15) is 13.2 Å². The van der Waals surface area contributed by atoms with E-state index in [-0.39, 0.29) is 5.69 Å². The molecule has 1 aliphatic heterocycles. The van der Waals surface area contributed by atoms with Crippen molar-refractivity contribution in [2.45, 2.75) is 44.7 Å². The summed E-state index contributed by atoms with van der Waals surface area (Å²) in [7, 11) is 0. The number of hydrogen-bond acceptors (Lipinski definition) is 6. The summed E-state index contributed by atoms with van der Waals surface area (Å²) in [5, 5.41) is 3.93. The third-order valence-electron chi connectivity index (χ3n) is 6.76. The number of rotatable bonds is 4. The number of amides is 1. The fourth-order valence-electron chi connectivity index (χ4n) is 4.73. The molecule has 1 N–H and O–H groups in total. The van der Waals surface area contributed by atoms with Crippen LogP contribution in [-0.2, 0) is 10.9 Å². The molecule has 0 atom stereocenters. The molecule has 0 radical (unpaired) electrons. The van der Waals surface area contributed by atoms with Crippen LogP contribution >= 0.6 is 11.3 Å². The van der Waals surface area contributed by atoms with E-state index in [1.807, 2.05) is 12.1 Å². The van der Waals surface area contributed by atoms with Gasteiger partial charge in [-0.25, -0.2) is 9.97 Å². The number of pyridine rings is 1. The SMILES string of the molecule is C[C@H]1CC[C@H](c2nc3cc(N4CCOCC4)c(NC(=O)c4cccc(C(F)(F)F)n4)cc3s2)CC1. The van der Waals surface area contributed by atoms with E-state index in [1.165, 1.54) is 25.0 Å². The zero-order chi connectivity index (χ0) is 24.6. The van der Waals surface area contributed by atoms with Crippen LogP contribution in [0.15, 0.2) is 30.3 Å². The molecule has 1 saturated carbocycles. The molecule has 1 aliphatic carbocycles. The van der Waals surface area contributed by atoms with Gasteiger partial charge in [-0.3, -0.25) is 4.79 Å². The zero-order valence-electron chi connectivity index (χ0n) is 19.4. The van der Waals surface area contributed by atoms with Gasteiger partial charge in [-0.1, -0.05) is 25.8 Å². The van der Waals surface area contributed by atoms with Crippen molar-refractivity contribution in [1.82, 2.24) is 9.97 Å². The molecular formula is C25H27F3N4O2S. The van der Waals surface area contributed by atoms with E-state index >= 15 is 0 Å². The standard InChI is InChI=1S/C25H27F3N4O2S/c1-15-5-7-16(8-6-15)24-31-19-13-20(32-9-11-34-12-10-32)18(14-21(19)35-24)30-23(33)17-3-2-4-22(29-17)25(26,27)28/h2-4,13-16H,5-12H2,1H3,(H,30,33)/t15-,16-. The summed E-state index contributed by atoms with van der Waals surface area (Å²) in [5.41, 5.74) is 0.823. The summed E-state index contributed by atoms with van der Waals surface area (Å²) in [5.74, 6) is 0.513. The van der Waals surface area contributed by atoms with Crippen molar-refractivity contribution in [3.05, 3.63) is 46.7 Å². The molecule has 186 valence electrons. The van der Waals surface area contributed by atoms with E-state index in [4.69, 9.17) is 9.72 Å². The number of nitrogens with zero attached hydrogens (tertiary/aromatic N) is 3. The second kappa shape index (κ2) is 9.73. The average molecular weight is 505 g/mol. The summed E-state index contributed by atoms with van der Waals surface area (Å²) in [6.07, 6.45) is 0.0319. The van der Waals surface area contributed by atoms with Crippen molar-refractivity contribution in [1.29, 1.82) is 0 Å². The number of carbonyl (C=O) groups is 1. The first-order chi connectivity index (χ1) is 16.8. The summed E-state index contributed by atoms with van der Waals surface area (Å²) in [4.78, 5) is 23.5. The van der Waals surface area contributed by atoms with Gasteiger partial charge in [0.05, 0.1) is 39.8 Å². The summed E-state index contributed by atoms with van der Waals surface area (Å²) < 4.78 is 45.7. The fraction of sp³-hybridized carbons (Fsp3) is 0.480. The molecule has 1 aromatic carbocycles.